The lowest BCUT2D eigenvalue weighted by molar-refractivity contribution is -0.119. The molecule has 2 aromatic rings. The van der Waals surface area contributed by atoms with Crippen molar-refractivity contribution >= 4 is 23.3 Å². The molecule has 0 aliphatic carbocycles. The van der Waals surface area contributed by atoms with Gasteiger partial charge in [-0.1, -0.05) is 24.3 Å². The van der Waals surface area contributed by atoms with E-state index in [1.165, 1.54) is 7.11 Å². The third-order valence-electron chi connectivity index (χ3n) is 5.21. The Hall–Kier alpha value is -3.10. The molecule has 8 heteroatoms. The van der Waals surface area contributed by atoms with Gasteiger partial charge >= 0.3 is 6.03 Å². The highest BCUT2D eigenvalue weighted by Gasteiger charge is 2.26. The van der Waals surface area contributed by atoms with E-state index in [1.807, 2.05) is 24.3 Å². The summed E-state index contributed by atoms with van der Waals surface area (Å²) in [5.41, 5.74) is 2.24. The van der Waals surface area contributed by atoms with E-state index in [0.717, 1.165) is 37.2 Å². The van der Waals surface area contributed by atoms with Crippen LogP contribution in [0.15, 0.2) is 48.5 Å². The number of nitrogens with zero attached hydrogens (tertiary/aromatic N) is 1. The topological polar surface area (TPSA) is 91.9 Å². The number of nitrogens with one attached hydrogen (secondary N) is 3. The van der Waals surface area contributed by atoms with Crippen LogP contribution in [0.4, 0.5) is 16.2 Å². The van der Waals surface area contributed by atoms with Crippen LogP contribution >= 0.6 is 0 Å². The maximum atomic E-state index is 12.6. The molecule has 1 aliphatic heterocycles. The molecule has 3 rings (SSSR count). The molecule has 0 spiro atoms. The number of anilines is 2. The van der Waals surface area contributed by atoms with Crippen molar-refractivity contribution in [3.05, 3.63) is 54.1 Å². The summed E-state index contributed by atoms with van der Waals surface area (Å²) in [6.07, 6.45) is 2.30. The van der Waals surface area contributed by atoms with Crippen molar-refractivity contribution in [2.24, 2.45) is 0 Å². The van der Waals surface area contributed by atoms with Gasteiger partial charge in [0.15, 0.2) is 0 Å². The van der Waals surface area contributed by atoms with Gasteiger partial charge in [0.2, 0.25) is 5.91 Å². The number of hydrogen-bond acceptors (Lipinski definition) is 5. The highest BCUT2D eigenvalue weighted by Crippen LogP contribution is 2.31. The average Bonchev–Trinajstić information content (AvgIpc) is 3.29. The van der Waals surface area contributed by atoms with Crippen LogP contribution < -0.4 is 20.7 Å². The van der Waals surface area contributed by atoms with E-state index >= 15 is 0 Å². The van der Waals surface area contributed by atoms with E-state index in [4.69, 9.17) is 9.47 Å². The van der Waals surface area contributed by atoms with E-state index < -0.39 is 0 Å². The Morgan fingerprint density at radius 3 is 2.42 bits per heavy atom. The SMILES string of the molecule is COCC(=O)Nc1cccc(NC(=O)NCC(c2ccccc2OC)N2CCCC2)c1. The Kier molecular flexibility index (Phi) is 8.26. The van der Waals surface area contributed by atoms with Gasteiger partial charge in [0, 0.05) is 30.6 Å². The number of amides is 3. The number of benzene rings is 2. The van der Waals surface area contributed by atoms with Crippen LogP contribution in [0.3, 0.4) is 0 Å². The minimum absolute atomic E-state index is 0.0288. The molecule has 1 saturated heterocycles. The largest absolute Gasteiger partial charge is 0.496 e. The fourth-order valence-electron chi connectivity index (χ4n) is 3.80. The van der Waals surface area contributed by atoms with Gasteiger partial charge in [0.05, 0.1) is 13.2 Å². The average molecular weight is 427 g/mol. The highest BCUT2D eigenvalue weighted by atomic mass is 16.5. The first-order valence-corrected chi connectivity index (χ1v) is 10.4. The number of rotatable bonds is 9. The summed E-state index contributed by atoms with van der Waals surface area (Å²) in [5, 5.41) is 8.54. The molecule has 0 aromatic heterocycles. The smallest absolute Gasteiger partial charge is 0.319 e. The van der Waals surface area contributed by atoms with Crippen LogP contribution in [0.5, 0.6) is 5.75 Å². The van der Waals surface area contributed by atoms with Crippen molar-refractivity contribution in [1.29, 1.82) is 0 Å². The molecule has 0 bridgehead atoms. The van der Waals surface area contributed by atoms with Crippen molar-refractivity contribution in [3.8, 4) is 5.75 Å². The maximum absolute atomic E-state index is 12.6. The van der Waals surface area contributed by atoms with E-state index in [1.54, 1.807) is 31.4 Å². The summed E-state index contributed by atoms with van der Waals surface area (Å²) in [7, 11) is 3.13. The molecule has 166 valence electrons. The molecule has 3 amide bonds. The van der Waals surface area contributed by atoms with Crippen molar-refractivity contribution in [3.63, 3.8) is 0 Å². The maximum Gasteiger partial charge on any atom is 0.319 e. The van der Waals surface area contributed by atoms with Crippen LogP contribution in [0.1, 0.15) is 24.4 Å². The molecule has 1 unspecified atom stereocenters. The summed E-state index contributed by atoms with van der Waals surface area (Å²) in [6.45, 7) is 2.42. The third kappa shape index (κ3) is 6.44. The summed E-state index contributed by atoms with van der Waals surface area (Å²) in [5.74, 6) is 0.565. The van der Waals surface area contributed by atoms with E-state index in [-0.39, 0.29) is 24.6 Å². The standard InChI is InChI=1S/C23H30N4O4/c1-30-16-22(28)25-17-8-7-9-18(14-17)26-23(29)24-15-20(27-12-5-6-13-27)19-10-3-4-11-21(19)31-2/h3-4,7-11,14,20H,5-6,12-13,15-16H2,1-2H3,(H,25,28)(H2,24,26,29). The van der Waals surface area contributed by atoms with Crippen LogP contribution in [-0.4, -0.2) is 57.3 Å². The van der Waals surface area contributed by atoms with E-state index in [2.05, 4.69) is 20.9 Å². The number of hydrogen-bond donors (Lipinski definition) is 3. The van der Waals surface area contributed by atoms with Crippen LogP contribution in [0.25, 0.3) is 0 Å². The minimum atomic E-state index is -0.306. The van der Waals surface area contributed by atoms with Gasteiger partial charge in [-0.15, -0.1) is 0 Å². The molecule has 3 N–H and O–H groups in total. The van der Waals surface area contributed by atoms with Crippen molar-refractivity contribution in [2.45, 2.75) is 18.9 Å². The number of ether oxygens (including phenoxy) is 2. The monoisotopic (exact) mass is 426 g/mol. The van der Waals surface area contributed by atoms with Gasteiger partial charge in [0.1, 0.15) is 12.4 Å². The number of para-hydroxylation sites is 1. The lowest BCUT2D eigenvalue weighted by Gasteiger charge is -2.29. The Labute approximate surface area is 182 Å². The normalized spacial score (nSPS) is 14.6. The number of methoxy groups -OCH3 is 2. The lowest BCUT2D eigenvalue weighted by atomic mass is 10.0. The molecule has 1 fully saturated rings. The van der Waals surface area contributed by atoms with E-state index in [0.29, 0.717) is 17.9 Å². The van der Waals surface area contributed by atoms with Crippen LogP contribution in [-0.2, 0) is 9.53 Å². The van der Waals surface area contributed by atoms with Gasteiger partial charge in [-0.2, -0.15) is 0 Å². The van der Waals surface area contributed by atoms with Crippen molar-refractivity contribution < 1.29 is 19.1 Å². The van der Waals surface area contributed by atoms with Gasteiger partial charge in [0.25, 0.3) is 0 Å². The molecule has 1 heterocycles. The molecule has 0 saturated carbocycles. The first-order chi connectivity index (χ1) is 15.1. The van der Waals surface area contributed by atoms with Gasteiger partial charge in [-0.05, 0) is 50.2 Å². The van der Waals surface area contributed by atoms with Crippen LogP contribution in [0.2, 0.25) is 0 Å². The zero-order valence-corrected chi connectivity index (χ0v) is 18.0. The lowest BCUT2D eigenvalue weighted by Crippen LogP contribution is -2.38. The molecule has 1 aliphatic rings. The number of urea groups is 1. The quantitative estimate of drug-likeness (QED) is 0.573. The minimum Gasteiger partial charge on any atom is -0.496 e. The highest BCUT2D eigenvalue weighted by molar-refractivity contribution is 5.94. The second-order valence-electron chi connectivity index (χ2n) is 7.40. The molecular weight excluding hydrogens is 396 g/mol. The Bertz CT molecular complexity index is 883. The second-order valence-corrected chi connectivity index (χ2v) is 7.40. The first kappa shape index (κ1) is 22.6. The zero-order chi connectivity index (χ0) is 22.1. The van der Waals surface area contributed by atoms with Crippen molar-refractivity contribution in [2.75, 3.05) is 51.1 Å². The van der Waals surface area contributed by atoms with Gasteiger partial charge in [-0.3, -0.25) is 9.69 Å². The molecular formula is C23H30N4O4. The van der Waals surface area contributed by atoms with Crippen molar-refractivity contribution in [1.82, 2.24) is 10.2 Å². The van der Waals surface area contributed by atoms with Gasteiger partial charge in [-0.25, -0.2) is 4.79 Å². The predicted octanol–water partition coefficient (Wildman–Crippen LogP) is 3.24. The van der Waals surface area contributed by atoms with Gasteiger partial charge < -0.3 is 25.4 Å². The number of carbonyl (C=O) groups excluding carboxylic acids is 2. The number of likely N-dealkylation sites (tertiary alicyclic amines) is 1. The molecule has 31 heavy (non-hydrogen) atoms. The molecule has 0 radical (unpaired) electrons. The summed E-state index contributed by atoms with van der Waals surface area (Å²) in [6, 6.07) is 14.6. The third-order valence-corrected chi connectivity index (χ3v) is 5.21. The molecule has 1 atom stereocenters. The summed E-state index contributed by atoms with van der Waals surface area (Å²) >= 11 is 0. The first-order valence-electron chi connectivity index (χ1n) is 10.4. The number of carbonyl (C=O) groups is 2. The Balaban J connectivity index is 1.63. The Morgan fingerprint density at radius 1 is 1.00 bits per heavy atom. The molecule has 8 nitrogen and oxygen atoms in total. The molecule has 2 aromatic carbocycles. The fraction of sp³-hybridized carbons (Fsp3) is 0.391. The fourth-order valence-corrected chi connectivity index (χ4v) is 3.80. The zero-order valence-electron chi connectivity index (χ0n) is 18.0. The predicted molar refractivity (Wildman–Crippen MR) is 121 cm³/mol. The summed E-state index contributed by atoms with van der Waals surface area (Å²) in [4.78, 5) is 26.6. The van der Waals surface area contributed by atoms with Crippen LogP contribution in [0, 0.1) is 0 Å². The van der Waals surface area contributed by atoms with E-state index in [9.17, 15) is 9.59 Å². The second kappa shape index (κ2) is 11.3. The Morgan fingerprint density at radius 2 is 1.71 bits per heavy atom. The summed E-state index contributed by atoms with van der Waals surface area (Å²) < 4.78 is 10.4.